The predicted molar refractivity (Wildman–Crippen MR) is 40.3 cm³/mol. The van der Waals surface area contributed by atoms with Crippen molar-refractivity contribution in [3.8, 4) is 0 Å². The molecule has 0 saturated carbocycles. The van der Waals surface area contributed by atoms with Crippen LogP contribution in [0, 0.1) is 5.92 Å². The molecule has 2 heteroatoms. The Bertz CT molecular complexity index is 131. The van der Waals surface area contributed by atoms with E-state index in [0.29, 0.717) is 5.92 Å². The summed E-state index contributed by atoms with van der Waals surface area (Å²) in [6.07, 6.45) is 4.29. The number of rotatable bonds is 0. The zero-order chi connectivity index (χ0) is 6.85. The third-order valence-electron chi connectivity index (χ3n) is 1.89. The standard InChI is InChI=1S/C7H12ClN/c1-5-3-2-4-6(8)7(5)9/h4-5,7H,2-3,9H2,1H3. The molecular weight excluding hydrogens is 134 g/mol. The minimum absolute atomic E-state index is 0.0976. The average molecular weight is 146 g/mol. The van der Waals surface area contributed by atoms with Crippen LogP contribution in [-0.4, -0.2) is 6.04 Å². The van der Waals surface area contributed by atoms with Gasteiger partial charge in [-0.1, -0.05) is 24.6 Å². The largest absolute Gasteiger partial charge is 0.323 e. The van der Waals surface area contributed by atoms with Gasteiger partial charge < -0.3 is 5.73 Å². The van der Waals surface area contributed by atoms with Gasteiger partial charge in [0.2, 0.25) is 0 Å². The molecule has 0 aliphatic heterocycles. The second kappa shape index (κ2) is 2.72. The highest BCUT2D eigenvalue weighted by Gasteiger charge is 2.18. The second-order valence-electron chi connectivity index (χ2n) is 2.67. The molecule has 0 aromatic carbocycles. The zero-order valence-electron chi connectivity index (χ0n) is 5.60. The van der Waals surface area contributed by atoms with Crippen LogP contribution in [0.3, 0.4) is 0 Å². The number of hydrogen-bond acceptors (Lipinski definition) is 1. The summed E-state index contributed by atoms with van der Waals surface area (Å²) in [4.78, 5) is 0. The maximum Gasteiger partial charge on any atom is 0.0426 e. The number of hydrogen-bond donors (Lipinski definition) is 1. The lowest BCUT2D eigenvalue weighted by molar-refractivity contribution is 0.460. The maximum atomic E-state index is 5.80. The van der Waals surface area contributed by atoms with E-state index in [9.17, 15) is 0 Å². The first-order valence-electron chi connectivity index (χ1n) is 3.33. The SMILES string of the molecule is CC1CCC=C(Cl)C1N. The van der Waals surface area contributed by atoms with Crippen molar-refractivity contribution in [2.75, 3.05) is 0 Å². The molecule has 0 heterocycles. The van der Waals surface area contributed by atoms with Crippen LogP contribution in [0.15, 0.2) is 11.1 Å². The van der Waals surface area contributed by atoms with Crippen molar-refractivity contribution in [2.24, 2.45) is 11.7 Å². The molecule has 2 unspecified atom stereocenters. The lowest BCUT2D eigenvalue weighted by Gasteiger charge is -2.22. The quantitative estimate of drug-likeness (QED) is 0.554. The van der Waals surface area contributed by atoms with Crippen molar-refractivity contribution in [3.63, 3.8) is 0 Å². The number of nitrogens with two attached hydrogens (primary N) is 1. The van der Waals surface area contributed by atoms with Crippen LogP contribution in [-0.2, 0) is 0 Å². The summed E-state index contributed by atoms with van der Waals surface area (Å²) in [6, 6.07) is 0.0976. The number of halogens is 1. The van der Waals surface area contributed by atoms with Gasteiger partial charge in [0.15, 0.2) is 0 Å². The molecule has 0 saturated heterocycles. The molecule has 0 aromatic heterocycles. The van der Waals surface area contributed by atoms with E-state index in [-0.39, 0.29) is 6.04 Å². The van der Waals surface area contributed by atoms with Crippen LogP contribution >= 0.6 is 11.6 Å². The summed E-state index contributed by atoms with van der Waals surface area (Å²) in [5.41, 5.74) is 5.72. The van der Waals surface area contributed by atoms with Crippen LogP contribution in [0.25, 0.3) is 0 Å². The Kier molecular flexibility index (Phi) is 2.14. The van der Waals surface area contributed by atoms with Crippen molar-refractivity contribution >= 4 is 11.6 Å². The van der Waals surface area contributed by atoms with E-state index in [2.05, 4.69) is 6.92 Å². The van der Waals surface area contributed by atoms with Crippen LogP contribution in [0.2, 0.25) is 0 Å². The van der Waals surface area contributed by atoms with Crippen LogP contribution in [0.1, 0.15) is 19.8 Å². The number of allylic oxidation sites excluding steroid dienone is 1. The maximum absolute atomic E-state index is 5.80. The van der Waals surface area contributed by atoms with Crippen molar-refractivity contribution in [1.82, 2.24) is 0 Å². The van der Waals surface area contributed by atoms with Crippen molar-refractivity contribution < 1.29 is 0 Å². The molecule has 1 nitrogen and oxygen atoms in total. The molecule has 9 heavy (non-hydrogen) atoms. The summed E-state index contributed by atoms with van der Waals surface area (Å²) in [6.45, 7) is 2.14. The van der Waals surface area contributed by atoms with E-state index in [4.69, 9.17) is 17.3 Å². The molecule has 0 fully saturated rings. The Balaban J connectivity index is 2.62. The van der Waals surface area contributed by atoms with E-state index < -0.39 is 0 Å². The highest BCUT2D eigenvalue weighted by Crippen LogP contribution is 2.24. The first-order valence-corrected chi connectivity index (χ1v) is 3.70. The fourth-order valence-electron chi connectivity index (χ4n) is 1.07. The molecule has 1 aliphatic carbocycles. The van der Waals surface area contributed by atoms with Gasteiger partial charge in [0.05, 0.1) is 0 Å². The summed E-state index contributed by atoms with van der Waals surface area (Å²) in [5, 5.41) is 0.841. The van der Waals surface area contributed by atoms with Gasteiger partial charge in [0, 0.05) is 11.1 Å². The smallest absolute Gasteiger partial charge is 0.0426 e. The summed E-state index contributed by atoms with van der Waals surface area (Å²) in [5.74, 6) is 0.558. The zero-order valence-corrected chi connectivity index (χ0v) is 6.36. The third kappa shape index (κ3) is 1.46. The molecule has 0 spiro atoms. The van der Waals surface area contributed by atoms with Crippen molar-refractivity contribution in [2.45, 2.75) is 25.8 Å². The van der Waals surface area contributed by atoms with Gasteiger partial charge in [-0.3, -0.25) is 0 Å². The molecule has 52 valence electrons. The van der Waals surface area contributed by atoms with E-state index in [0.717, 1.165) is 11.5 Å². The Hall–Kier alpha value is -0.0100. The van der Waals surface area contributed by atoms with E-state index >= 15 is 0 Å². The fraction of sp³-hybridized carbons (Fsp3) is 0.714. The topological polar surface area (TPSA) is 26.0 Å². The molecule has 0 radical (unpaired) electrons. The second-order valence-corrected chi connectivity index (χ2v) is 3.11. The van der Waals surface area contributed by atoms with Crippen LogP contribution < -0.4 is 5.73 Å². The Morgan fingerprint density at radius 3 is 2.89 bits per heavy atom. The van der Waals surface area contributed by atoms with Gasteiger partial charge >= 0.3 is 0 Å². The lowest BCUT2D eigenvalue weighted by Crippen LogP contribution is -2.30. The molecule has 2 N–H and O–H groups in total. The van der Waals surface area contributed by atoms with E-state index in [1.54, 1.807) is 0 Å². The molecular formula is C7H12ClN. The van der Waals surface area contributed by atoms with Gasteiger partial charge in [-0.15, -0.1) is 0 Å². The van der Waals surface area contributed by atoms with E-state index in [1.807, 2.05) is 6.08 Å². The highest BCUT2D eigenvalue weighted by atomic mass is 35.5. The van der Waals surface area contributed by atoms with Gasteiger partial charge in [-0.05, 0) is 18.8 Å². The first-order chi connectivity index (χ1) is 4.22. The summed E-state index contributed by atoms with van der Waals surface area (Å²) >= 11 is 5.80. The molecule has 0 bridgehead atoms. The third-order valence-corrected chi connectivity index (χ3v) is 2.30. The van der Waals surface area contributed by atoms with Crippen LogP contribution in [0.4, 0.5) is 0 Å². The van der Waals surface area contributed by atoms with Crippen molar-refractivity contribution in [3.05, 3.63) is 11.1 Å². The lowest BCUT2D eigenvalue weighted by atomic mass is 9.92. The minimum atomic E-state index is 0.0976. The Labute approximate surface area is 60.9 Å². The molecule has 0 aromatic rings. The fourth-order valence-corrected chi connectivity index (χ4v) is 1.40. The van der Waals surface area contributed by atoms with Gasteiger partial charge in [0.25, 0.3) is 0 Å². The minimum Gasteiger partial charge on any atom is -0.323 e. The molecule has 1 rings (SSSR count). The van der Waals surface area contributed by atoms with E-state index in [1.165, 1.54) is 6.42 Å². The monoisotopic (exact) mass is 145 g/mol. The first kappa shape index (κ1) is 7.10. The average Bonchev–Trinajstić information content (AvgIpc) is 1.83. The van der Waals surface area contributed by atoms with Crippen molar-refractivity contribution in [1.29, 1.82) is 0 Å². The predicted octanol–water partition coefficient (Wildman–Crippen LogP) is 1.87. The van der Waals surface area contributed by atoms with Gasteiger partial charge in [-0.2, -0.15) is 0 Å². The Morgan fingerprint density at radius 1 is 1.78 bits per heavy atom. The molecule has 0 amide bonds. The molecule has 2 atom stereocenters. The summed E-state index contributed by atoms with van der Waals surface area (Å²) in [7, 11) is 0. The van der Waals surface area contributed by atoms with Crippen LogP contribution in [0.5, 0.6) is 0 Å². The summed E-state index contributed by atoms with van der Waals surface area (Å²) < 4.78 is 0. The molecule has 1 aliphatic rings. The van der Waals surface area contributed by atoms with Gasteiger partial charge in [0.1, 0.15) is 0 Å². The van der Waals surface area contributed by atoms with Gasteiger partial charge in [-0.25, -0.2) is 0 Å². The Morgan fingerprint density at radius 2 is 2.44 bits per heavy atom. The normalized spacial score (nSPS) is 36.1. The highest BCUT2D eigenvalue weighted by molar-refractivity contribution is 6.30.